The summed E-state index contributed by atoms with van der Waals surface area (Å²) in [6.45, 7) is 4.20. The predicted octanol–water partition coefficient (Wildman–Crippen LogP) is 7.12. The first-order chi connectivity index (χ1) is 23.0. The van der Waals surface area contributed by atoms with E-state index < -0.39 is 57.4 Å². The maximum atomic E-state index is 14.6. The predicted molar refractivity (Wildman–Crippen MR) is 183 cm³/mol. The highest BCUT2D eigenvalue weighted by Crippen LogP contribution is 2.37. The average Bonchev–Trinajstić information content (AvgIpc) is 3.05. The van der Waals surface area contributed by atoms with E-state index in [4.69, 9.17) is 16.3 Å². The van der Waals surface area contributed by atoms with Crippen LogP contribution in [0.5, 0.6) is 5.75 Å². The molecule has 2 amide bonds. The summed E-state index contributed by atoms with van der Waals surface area (Å²) < 4.78 is 75.8. The average molecular weight is 716 g/mol. The van der Waals surface area contributed by atoms with E-state index >= 15 is 0 Å². The molecule has 0 radical (unpaired) electrons. The van der Waals surface area contributed by atoms with Crippen LogP contribution in [0.15, 0.2) is 108 Å². The Morgan fingerprint density at radius 2 is 1.47 bits per heavy atom. The number of carbonyl (C=O) groups is 2. The summed E-state index contributed by atoms with van der Waals surface area (Å²) in [5.41, 5.74) is -1.13. The molecule has 0 saturated heterocycles. The zero-order valence-electron chi connectivity index (χ0n) is 27.4. The van der Waals surface area contributed by atoms with Crippen LogP contribution in [0.3, 0.4) is 0 Å². The number of hydrogen-bond acceptors (Lipinski definition) is 5. The van der Waals surface area contributed by atoms with Gasteiger partial charge in [0.15, 0.2) is 0 Å². The Hall–Kier alpha value is -4.55. The van der Waals surface area contributed by atoms with Gasteiger partial charge < -0.3 is 15.0 Å². The van der Waals surface area contributed by atoms with Gasteiger partial charge in [0.2, 0.25) is 11.8 Å². The van der Waals surface area contributed by atoms with E-state index in [9.17, 15) is 31.2 Å². The topological polar surface area (TPSA) is 96.0 Å². The fraction of sp³-hybridized carbons (Fsp3) is 0.278. The van der Waals surface area contributed by atoms with Crippen LogP contribution >= 0.6 is 11.6 Å². The molecule has 0 aliphatic heterocycles. The quantitative estimate of drug-likeness (QED) is 0.169. The lowest BCUT2D eigenvalue weighted by Crippen LogP contribution is -2.56. The number of sulfonamides is 1. The number of nitrogens with zero attached hydrogens (tertiary/aromatic N) is 2. The molecule has 0 unspecified atom stereocenters. The third-order valence-electron chi connectivity index (χ3n) is 7.41. The van der Waals surface area contributed by atoms with Gasteiger partial charge in [0.1, 0.15) is 18.3 Å². The molecule has 4 aromatic carbocycles. The van der Waals surface area contributed by atoms with Crippen molar-refractivity contribution in [3.05, 3.63) is 125 Å². The van der Waals surface area contributed by atoms with Crippen molar-refractivity contribution >= 4 is 39.1 Å². The van der Waals surface area contributed by atoms with Crippen molar-refractivity contribution in [2.45, 2.75) is 56.4 Å². The van der Waals surface area contributed by atoms with E-state index in [1.54, 1.807) is 81.4 Å². The molecule has 260 valence electrons. The molecule has 0 heterocycles. The van der Waals surface area contributed by atoms with Crippen LogP contribution in [0, 0.1) is 0 Å². The summed E-state index contributed by atoms with van der Waals surface area (Å²) in [5, 5.41) is 2.59. The van der Waals surface area contributed by atoms with E-state index in [-0.39, 0.29) is 22.9 Å². The second-order valence-electron chi connectivity index (χ2n) is 12.3. The third kappa shape index (κ3) is 9.76. The smallest absolute Gasteiger partial charge is 0.416 e. The number of amides is 2. The van der Waals surface area contributed by atoms with Gasteiger partial charge in [0.25, 0.3) is 10.0 Å². The summed E-state index contributed by atoms with van der Waals surface area (Å²) in [6.07, 6.45) is -4.79. The van der Waals surface area contributed by atoms with Gasteiger partial charge in [-0.05, 0) is 74.4 Å². The van der Waals surface area contributed by atoms with Gasteiger partial charge in [-0.15, -0.1) is 0 Å². The summed E-state index contributed by atoms with van der Waals surface area (Å²) >= 11 is 6.38. The van der Waals surface area contributed by atoms with Gasteiger partial charge in [-0.2, -0.15) is 13.2 Å². The minimum Gasteiger partial charge on any atom is -0.497 e. The Balaban J connectivity index is 1.89. The van der Waals surface area contributed by atoms with Crippen LogP contribution < -0.4 is 14.4 Å². The molecule has 1 atom stereocenters. The fourth-order valence-electron chi connectivity index (χ4n) is 5.09. The zero-order chi connectivity index (χ0) is 36.0. The van der Waals surface area contributed by atoms with Crippen molar-refractivity contribution in [2.75, 3.05) is 18.0 Å². The number of ether oxygens (including phenoxy) is 1. The second kappa shape index (κ2) is 15.3. The SMILES string of the molecule is COc1cccc(CN(C(=O)CN(c2cc(C(F)(F)F)ccc2Cl)S(=O)(=O)c2ccccc2)[C@@H](Cc2ccccc2)C(=O)NC(C)(C)C)c1. The van der Waals surface area contributed by atoms with Crippen molar-refractivity contribution < 1.29 is 35.9 Å². The molecule has 4 aromatic rings. The number of carbonyl (C=O) groups excluding carboxylic acids is 2. The molecule has 4 rings (SSSR count). The number of rotatable bonds is 12. The Bertz CT molecular complexity index is 1870. The first-order valence-electron chi connectivity index (χ1n) is 15.2. The molecule has 8 nitrogen and oxygen atoms in total. The van der Waals surface area contributed by atoms with Gasteiger partial charge in [-0.3, -0.25) is 13.9 Å². The largest absolute Gasteiger partial charge is 0.497 e. The molecular formula is C36H37ClF3N3O5S. The normalized spacial score (nSPS) is 12.6. The highest BCUT2D eigenvalue weighted by atomic mass is 35.5. The third-order valence-corrected chi connectivity index (χ3v) is 9.50. The van der Waals surface area contributed by atoms with Gasteiger partial charge in [0.05, 0.1) is 28.3 Å². The molecule has 49 heavy (non-hydrogen) atoms. The van der Waals surface area contributed by atoms with Crippen LogP contribution in [-0.4, -0.2) is 50.4 Å². The lowest BCUT2D eigenvalue weighted by Gasteiger charge is -2.35. The van der Waals surface area contributed by atoms with E-state index in [1.807, 2.05) is 0 Å². The fourth-order valence-corrected chi connectivity index (χ4v) is 6.80. The molecule has 0 spiro atoms. The van der Waals surface area contributed by atoms with E-state index in [1.165, 1.54) is 36.3 Å². The monoisotopic (exact) mass is 715 g/mol. The molecule has 1 N–H and O–H groups in total. The minimum atomic E-state index is -4.84. The van der Waals surface area contributed by atoms with Gasteiger partial charge in [-0.25, -0.2) is 8.42 Å². The number of anilines is 1. The molecule has 0 aromatic heterocycles. The number of nitrogens with one attached hydrogen (secondary N) is 1. The second-order valence-corrected chi connectivity index (χ2v) is 14.6. The van der Waals surface area contributed by atoms with Crippen molar-refractivity contribution in [3.63, 3.8) is 0 Å². The maximum Gasteiger partial charge on any atom is 0.416 e. The molecule has 0 aliphatic rings. The number of methoxy groups -OCH3 is 1. The van der Waals surface area contributed by atoms with Crippen LogP contribution in [0.1, 0.15) is 37.5 Å². The summed E-state index contributed by atoms with van der Waals surface area (Å²) in [7, 11) is -3.20. The summed E-state index contributed by atoms with van der Waals surface area (Å²) in [4.78, 5) is 29.6. The number of alkyl halides is 3. The van der Waals surface area contributed by atoms with Crippen LogP contribution in [0.25, 0.3) is 0 Å². The van der Waals surface area contributed by atoms with Crippen molar-refractivity contribution in [1.82, 2.24) is 10.2 Å². The highest BCUT2D eigenvalue weighted by molar-refractivity contribution is 7.92. The first-order valence-corrected chi connectivity index (χ1v) is 17.0. The highest BCUT2D eigenvalue weighted by Gasteiger charge is 2.38. The Morgan fingerprint density at radius 1 is 0.857 bits per heavy atom. The van der Waals surface area contributed by atoms with Crippen LogP contribution in [0.4, 0.5) is 18.9 Å². The van der Waals surface area contributed by atoms with Gasteiger partial charge >= 0.3 is 6.18 Å². The lowest BCUT2D eigenvalue weighted by molar-refractivity contribution is -0.140. The number of halogens is 4. The molecule has 0 saturated carbocycles. The van der Waals surface area contributed by atoms with Gasteiger partial charge in [0, 0.05) is 18.5 Å². The van der Waals surface area contributed by atoms with E-state index in [0.29, 0.717) is 21.7 Å². The standard InChI is InChI=1S/C36H37ClF3N3O5S/c1-35(2,3)41-34(45)32(21-25-12-7-5-8-13-25)42(23-26-14-11-15-28(20-26)48-4)33(44)24-43(49(46,47)29-16-9-6-10-17-29)31-22-27(36(38,39)40)18-19-30(31)37/h5-20,22,32H,21,23-24H2,1-4H3,(H,41,45)/t32-/m0/s1. The number of hydrogen-bond donors (Lipinski definition) is 1. The molecule has 0 fully saturated rings. The molecule has 0 bridgehead atoms. The number of benzene rings is 4. The maximum absolute atomic E-state index is 14.6. The van der Waals surface area contributed by atoms with Crippen molar-refractivity contribution in [3.8, 4) is 5.75 Å². The molecule has 13 heteroatoms. The van der Waals surface area contributed by atoms with Crippen molar-refractivity contribution in [2.24, 2.45) is 0 Å². The minimum absolute atomic E-state index is 0.0498. The van der Waals surface area contributed by atoms with E-state index in [0.717, 1.165) is 17.7 Å². The lowest BCUT2D eigenvalue weighted by atomic mass is 10.0. The summed E-state index contributed by atoms with van der Waals surface area (Å²) in [6, 6.07) is 23.8. The zero-order valence-corrected chi connectivity index (χ0v) is 28.9. The Kier molecular flexibility index (Phi) is 11.7. The van der Waals surface area contributed by atoms with Crippen LogP contribution in [-0.2, 0) is 38.8 Å². The Labute approximate surface area is 289 Å². The molecular weight excluding hydrogens is 679 g/mol. The first kappa shape index (κ1) is 37.3. The van der Waals surface area contributed by atoms with E-state index in [2.05, 4.69) is 5.32 Å². The summed E-state index contributed by atoms with van der Waals surface area (Å²) in [5.74, 6) is -0.893. The molecule has 0 aliphatic carbocycles. The Morgan fingerprint density at radius 3 is 2.06 bits per heavy atom. The van der Waals surface area contributed by atoms with Crippen LogP contribution in [0.2, 0.25) is 5.02 Å². The van der Waals surface area contributed by atoms with Gasteiger partial charge in [-0.1, -0.05) is 72.3 Å². The van der Waals surface area contributed by atoms with Crippen molar-refractivity contribution in [1.29, 1.82) is 0 Å².